The number of aliphatic imine (C=N–C) groups is 1. The number of rotatable bonds is 9. The Morgan fingerprint density at radius 1 is 1.29 bits per heavy atom. The maximum Gasteiger partial charge on any atom is 0.208 e. The molecule has 0 aromatic carbocycles. The number of hydrogen-bond acceptors (Lipinski definition) is 3. The van der Waals surface area contributed by atoms with Gasteiger partial charge in [-0.3, -0.25) is 0 Å². The Morgan fingerprint density at radius 2 is 2.06 bits per heavy atom. The predicted molar refractivity (Wildman–Crippen MR) is 71.4 cm³/mol. The van der Waals surface area contributed by atoms with Gasteiger partial charge < -0.3 is 9.84 Å². The Kier molecular flexibility index (Phi) is 7.72. The highest BCUT2D eigenvalue weighted by Gasteiger charge is 2.14. The number of ether oxygens (including phenoxy) is 1. The van der Waals surface area contributed by atoms with Crippen LogP contribution in [0.2, 0.25) is 0 Å². The highest BCUT2D eigenvalue weighted by Crippen LogP contribution is 2.08. The monoisotopic (exact) mass is 239 g/mol. The van der Waals surface area contributed by atoms with Gasteiger partial charge in [-0.1, -0.05) is 45.1 Å². The van der Waals surface area contributed by atoms with Gasteiger partial charge >= 0.3 is 0 Å². The highest BCUT2D eigenvalue weighted by molar-refractivity contribution is 5.88. The minimum atomic E-state index is -0.0521. The third-order valence-electron chi connectivity index (χ3n) is 2.93. The van der Waals surface area contributed by atoms with Crippen molar-refractivity contribution in [3.8, 4) is 0 Å². The lowest BCUT2D eigenvalue weighted by atomic mass is 10.1. The summed E-state index contributed by atoms with van der Waals surface area (Å²) in [5.74, 6) is 0.676. The number of nitrogens with zero attached hydrogens (tertiary/aromatic N) is 1. The van der Waals surface area contributed by atoms with E-state index in [2.05, 4.69) is 18.0 Å². The van der Waals surface area contributed by atoms with Crippen LogP contribution in [0.4, 0.5) is 0 Å². The molecule has 98 valence electrons. The molecule has 1 atom stereocenters. The lowest BCUT2D eigenvalue weighted by Crippen LogP contribution is -2.10. The van der Waals surface area contributed by atoms with Crippen LogP contribution < -0.4 is 0 Å². The van der Waals surface area contributed by atoms with Crippen molar-refractivity contribution in [2.24, 2.45) is 4.99 Å². The van der Waals surface area contributed by atoms with Crippen molar-refractivity contribution in [2.75, 3.05) is 13.2 Å². The third-order valence-corrected chi connectivity index (χ3v) is 2.93. The smallest absolute Gasteiger partial charge is 0.208 e. The predicted octanol–water partition coefficient (Wildman–Crippen LogP) is 3.08. The van der Waals surface area contributed by atoms with Gasteiger partial charge in [-0.25, -0.2) is 4.99 Å². The first-order chi connectivity index (χ1) is 8.36. The summed E-state index contributed by atoms with van der Waals surface area (Å²) in [6, 6.07) is -0.0521. The summed E-state index contributed by atoms with van der Waals surface area (Å²) in [6.45, 7) is 2.84. The first kappa shape index (κ1) is 14.2. The minimum Gasteiger partial charge on any atom is -0.476 e. The number of aliphatic hydroxyl groups is 1. The molecule has 0 fully saturated rings. The Bertz CT molecular complexity index is 249. The molecule has 0 saturated carbocycles. The lowest BCUT2D eigenvalue weighted by molar-refractivity contribution is 0.228. The van der Waals surface area contributed by atoms with E-state index in [0.29, 0.717) is 12.5 Å². The molecule has 1 unspecified atom stereocenters. The molecule has 1 heterocycles. The fourth-order valence-electron chi connectivity index (χ4n) is 1.85. The van der Waals surface area contributed by atoms with Crippen molar-refractivity contribution >= 4 is 5.90 Å². The molecule has 0 aromatic heterocycles. The van der Waals surface area contributed by atoms with Crippen molar-refractivity contribution in [3.05, 3.63) is 12.2 Å². The van der Waals surface area contributed by atoms with Gasteiger partial charge in [0.2, 0.25) is 5.90 Å². The zero-order valence-electron chi connectivity index (χ0n) is 10.9. The van der Waals surface area contributed by atoms with Gasteiger partial charge in [0, 0.05) is 0 Å². The van der Waals surface area contributed by atoms with Crippen LogP contribution in [0.25, 0.3) is 0 Å². The maximum atomic E-state index is 8.89. The molecule has 0 saturated heterocycles. The van der Waals surface area contributed by atoms with Crippen LogP contribution in [0.1, 0.15) is 51.9 Å². The standard InChI is InChI=1S/C14H25NO2/c1-2-3-4-5-6-7-8-9-10-14-15-13(11-16)12-17-14/h9-10,13,16H,2-8,11-12H2,1H3. The molecule has 0 spiro atoms. The second kappa shape index (κ2) is 9.23. The first-order valence-corrected chi connectivity index (χ1v) is 6.84. The van der Waals surface area contributed by atoms with E-state index in [1.54, 1.807) is 0 Å². The summed E-state index contributed by atoms with van der Waals surface area (Å²) in [5, 5.41) is 8.89. The van der Waals surface area contributed by atoms with Crippen LogP contribution in [0.5, 0.6) is 0 Å². The fourth-order valence-corrected chi connectivity index (χ4v) is 1.85. The lowest BCUT2D eigenvalue weighted by Gasteiger charge is -1.98. The molecule has 1 N–H and O–H groups in total. The van der Waals surface area contributed by atoms with Gasteiger partial charge in [-0.2, -0.15) is 0 Å². The van der Waals surface area contributed by atoms with Crippen LogP contribution >= 0.6 is 0 Å². The van der Waals surface area contributed by atoms with E-state index < -0.39 is 0 Å². The van der Waals surface area contributed by atoms with Gasteiger partial charge in [-0.05, 0) is 18.9 Å². The Labute approximate surface area is 105 Å². The van der Waals surface area contributed by atoms with Crippen LogP contribution in [-0.4, -0.2) is 30.3 Å². The van der Waals surface area contributed by atoms with E-state index in [-0.39, 0.29) is 12.6 Å². The zero-order valence-corrected chi connectivity index (χ0v) is 10.9. The molecule has 1 aliphatic heterocycles. The summed E-state index contributed by atoms with van der Waals surface area (Å²) in [4.78, 5) is 4.22. The Morgan fingerprint density at radius 3 is 2.76 bits per heavy atom. The Balaban J connectivity index is 1.99. The molecule has 0 radical (unpaired) electrons. The van der Waals surface area contributed by atoms with Gasteiger partial charge in [0.25, 0.3) is 0 Å². The normalized spacial score (nSPS) is 19.6. The van der Waals surface area contributed by atoms with Crippen LogP contribution in [0.3, 0.4) is 0 Å². The summed E-state index contributed by atoms with van der Waals surface area (Å²) in [6.07, 6.45) is 13.1. The van der Waals surface area contributed by atoms with E-state index in [9.17, 15) is 0 Å². The van der Waals surface area contributed by atoms with E-state index in [1.807, 2.05) is 6.08 Å². The van der Waals surface area contributed by atoms with Crippen molar-refractivity contribution in [3.63, 3.8) is 0 Å². The highest BCUT2D eigenvalue weighted by atomic mass is 16.5. The number of allylic oxidation sites excluding steroid dienone is 1. The quantitative estimate of drug-likeness (QED) is 0.628. The average molecular weight is 239 g/mol. The van der Waals surface area contributed by atoms with Gasteiger partial charge in [0.15, 0.2) is 0 Å². The maximum absolute atomic E-state index is 8.89. The number of hydrogen-bond donors (Lipinski definition) is 1. The van der Waals surface area contributed by atoms with Crippen molar-refractivity contribution < 1.29 is 9.84 Å². The minimum absolute atomic E-state index is 0.0521. The van der Waals surface area contributed by atoms with Gasteiger partial charge in [-0.15, -0.1) is 0 Å². The summed E-state index contributed by atoms with van der Waals surface area (Å²) >= 11 is 0. The largest absolute Gasteiger partial charge is 0.476 e. The molecular weight excluding hydrogens is 214 g/mol. The zero-order chi connectivity index (χ0) is 12.3. The molecule has 0 aliphatic carbocycles. The third kappa shape index (κ3) is 6.47. The van der Waals surface area contributed by atoms with E-state index >= 15 is 0 Å². The number of aliphatic hydroxyl groups excluding tert-OH is 1. The molecule has 3 heteroatoms. The van der Waals surface area contributed by atoms with Crippen LogP contribution in [-0.2, 0) is 4.74 Å². The van der Waals surface area contributed by atoms with Crippen LogP contribution in [0.15, 0.2) is 17.1 Å². The summed E-state index contributed by atoms with van der Waals surface area (Å²) < 4.78 is 5.32. The van der Waals surface area contributed by atoms with Crippen molar-refractivity contribution in [1.82, 2.24) is 0 Å². The molecule has 3 nitrogen and oxygen atoms in total. The summed E-state index contributed by atoms with van der Waals surface area (Å²) in [5.41, 5.74) is 0. The molecule has 1 aliphatic rings. The average Bonchev–Trinajstić information content (AvgIpc) is 2.80. The summed E-state index contributed by atoms with van der Waals surface area (Å²) in [7, 11) is 0. The Hall–Kier alpha value is -0.830. The first-order valence-electron chi connectivity index (χ1n) is 6.84. The molecule has 17 heavy (non-hydrogen) atoms. The van der Waals surface area contributed by atoms with E-state index in [4.69, 9.17) is 9.84 Å². The topological polar surface area (TPSA) is 41.8 Å². The van der Waals surface area contributed by atoms with E-state index in [0.717, 1.165) is 6.42 Å². The van der Waals surface area contributed by atoms with E-state index in [1.165, 1.54) is 38.5 Å². The number of unbranched alkanes of at least 4 members (excludes halogenated alkanes) is 6. The van der Waals surface area contributed by atoms with Gasteiger partial charge in [0.1, 0.15) is 12.6 Å². The molecule has 0 aromatic rings. The SMILES string of the molecule is CCCCCCCCC=CC1=NC(CO)CO1. The van der Waals surface area contributed by atoms with Crippen molar-refractivity contribution in [2.45, 2.75) is 57.9 Å². The molecule has 0 bridgehead atoms. The van der Waals surface area contributed by atoms with Crippen molar-refractivity contribution in [1.29, 1.82) is 0 Å². The van der Waals surface area contributed by atoms with Crippen LogP contribution in [0, 0.1) is 0 Å². The molecule has 1 rings (SSSR count). The second-order valence-electron chi connectivity index (χ2n) is 4.57. The molecule has 0 amide bonds. The second-order valence-corrected chi connectivity index (χ2v) is 4.57. The molecular formula is C14H25NO2. The van der Waals surface area contributed by atoms with Gasteiger partial charge in [0.05, 0.1) is 6.61 Å². The fraction of sp³-hybridized carbons (Fsp3) is 0.786.